The SMILES string of the molecule is CSCCCN(C)Cc1cc(F)ccc1C(N)=S. The Bertz CT molecular complexity index is 410. The van der Waals surface area contributed by atoms with Crippen LogP contribution >= 0.6 is 24.0 Å². The minimum absolute atomic E-state index is 0.248. The van der Waals surface area contributed by atoms with Gasteiger partial charge in [-0.3, -0.25) is 0 Å². The smallest absolute Gasteiger partial charge is 0.123 e. The van der Waals surface area contributed by atoms with Crippen LogP contribution in [0.1, 0.15) is 17.5 Å². The minimum Gasteiger partial charge on any atom is -0.389 e. The maximum Gasteiger partial charge on any atom is 0.123 e. The van der Waals surface area contributed by atoms with Crippen molar-refractivity contribution in [1.82, 2.24) is 4.90 Å². The number of hydrogen-bond acceptors (Lipinski definition) is 3. The number of thiocarbonyl (C=S) groups is 1. The highest BCUT2D eigenvalue weighted by atomic mass is 32.2. The molecule has 1 aromatic carbocycles. The fourth-order valence-electron chi connectivity index (χ4n) is 1.78. The Kier molecular flexibility index (Phi) is 6.60. The average Bonchev–Trinajstić information content (AvgIpc) is 2.29. The van der Waals surface area contributed by atoms with Crippen molar-refractivity contribution in [2.24, 2.45) is 5.73 Å². The largest absolute Gasteiger partial charge is 0.389 e. The molecule has 2 nitrogen and oxygen atoms in total. The van der Waals surface area contributed by atoms with Crippen LogP contribution in [0.5, 0.6) is 0 Å². The third-order valence-corrected chi connectivity index (χ3v) is 3.58. The van der Waals surface area contributed by atoms with Gasteiger partial charge in [-0.1, -0.05) is 12.2 Å². The molecule has 18 heavy (non-hydrogen) atoms. The molecule has 0 amide bonds. The molecule has 1 aromatic rings. The average molecular weight is 286 g/mol. The van der Waals surface area contributed by atoms with Gasteiger partial charge in [0, 0.05) is 12.1 Å². The molecule has 0 saturated heterocycles. The van der Waals surface area contributed by atoms with E-state index in [0.29, 0.717) is 11.5 Å². The summed E-state index contributed by atoms with van der Waals surface area (Å²) >= 11 is 6.82. The van der Waals surface area contributed by atoms with E-state index in [1.807, 2.05) is 18.8 Å². The Hall–Kier alpha value is -0.650. The van der Waals surface area contributed by atoms with Gasteiger partial charge in [0.2, 0.25) is 0 Å². The standard InChI is InChI=1S/C13H19FN2S2/c1-16(6-3-7-18-2)9-10-8-11(14)4-5-12(10)13(15)17/h4-5,8H,3,6-7,9H2,1-2H3,(H2,15,17). The van der Waals surface area contributed by atoms with Gasteiger partial charge in [-0.25, -0.2) is 4.39 Å². The molecule has 0 radical (unpaired) electrons. The Morgan fingerprint density at radius 2 is 2.22 bits per heavy atom. The van der Waals surface area contributed by atoms with Gasteiger partial charge in [0.05, 0.1) is 0 Å². The van der Waals surface area contributed by atoms with Crippen LogP contribution in [0.2, 0.25) is 0 Å². The molecule has 5 heteroatoms. The molecule has 0 fully saturated rings. The van der Waals surface area contributed by atoms with Gasteiger partial charge in [-0.05, 0) is 55.8 Å². The summed E-state index contributed by atoms with van der Waals surface area (Å²) in [5.41, 5.74) is 7.27. The molecule has 0 heterocycles. The minimum atomic E-state index is -0.248. The van der Waals surface area contributed by atoms with Gasteiger partial charge in [-0.2, -0.15) is 11.8 Å². The molecule has 0 unspecified atom stereocenters. The predicted molar refractivity (Wildman–Crippen MR) is 81.6 cm³/mol. The maximum atomic E-state index is 13.3. The second kappa shape index (κ2) is 7.71. The normalized spacial score (nSPS) is 10.9. The van der Waals surface area contributed by atoms with Gasteiger partial charge in [0.1, 0.15) is 10.8 Å². The van der Waals surface area contributed by atoms with E-state index in [2.05, 4.69) is 11.2 Å². The number of halogens is 1. The summed E-state index contributed by atoms with van der Waals surface area (Å²) in [6, 6.07) is 4.56. The number of nitrogens with zero attached hydrogens (tertiary/aromatic N) is 1. The third kappa shape index (κ3) is 4.92. The van der Waals surface area contributed by atoms with Crippen LogP contribution in [-0.2, 0) is 6.54 Å². The first-order valence-electron chi connectivity index (χ1n) is 5.80. The summed E-state index contributed by atoms with van der Waals surface area (Å²) in [5.74, 6) is 0.887. The lowest BCUT2D eigenvalue weighted by molar-refractivity contribution is 0.328. The van der Waals surface area contributed by atoms with Crippen molar-refractivity contribution in [1.29, 1.82) is 0 Å². The van der Waals surface area contributed by atoms with Gasteiger partial charge in [0.25, 0.3) is 0 Å². The first-order chi connectivity index (χ1) is 8.54. The van der Waals surface area contributed by atoms with Crippen LogP contribution in [0.25, 0.3) is 0 Å². The molecule has 0 bridgehead atoms. The summed E-state index contributed by atoms with van der Waals surface area (Å²) in [5, 5.41) is 0. The zero-order chi connectivity index (χ0) is 13.5. The lowest BCUT2D eigenvalue weighted by atomic mass is 10.1. The van der Waals surface area contributed by atoms with Crippen molar-refractivity contribution < 1.29 is 4.39 Å². The second-order valence-corrected chi connectivity index (χ2v) is 5.68. The number of benzene rings is 1. The fourth-order valence-corrected chi connectivity index (χ4v) is 2.40. The van der Waals surface area contributed by atoms with Crippen molar-refractivity contribution in [3.05, 3.63) is 35.1 Å². The van der Waals surface area contributed by atoms with E-state index in [4.69, 9.17) is 18.0 Å². The lowest BCUT2D eigenvalue weighted by Crippen LogP contribution is -2.22. The van der Waals surface area contributed by atoms with Gasteiger partial charge < -0.3 is 10.6 Å². The van der Waals surface area contributed by atoms with Crippen molar-refractivity contribution in [2.75, 3.05) is 25.6 Å². The molecular weight excluding hydrogens is 267 g/mol. The van der Waals surface area contributed by atoms with Crippen molar-refractivity contribution >= 4 is 29.0 Å². The van der Waals surface area contributed by atoms with Crippen LogP contribution in [0.3, 0.4) is 0 Å². The Morgan fingerprint density at radius 3 is 2.83 bits per heavy atom. The first kappa shape index (κ1) is 15.4. The molecule has 0 spiro atoms. The molecule has 0 aliphatic heterocycles. The molecule has 100 valence electrons. The van der Waals surface area contributed by atoms with E-state index in [9.17, 15) is 4.39 Å². The summed E-state index contributed by atoms with van der Waals surface area (Å²) in [6.45, 7) is 1.65. The maximum absolute atomic E-state index is 13.3. The van der Waals surface area contributed by atoms with Gasteiger partial charge in [0.15, 0.2) is 0 Å². The molecule has 2 N–H and O–H groups in total. The number of thioether (sulfide) groups is 1. The molecule has 1 rings (SSSR count). The Morgan fingerprint density at radius 1 is 1.50 bits per heavy atom. The summed E-state index contributed by atoms with van der Waals surface area (Å²) in [6.07, 6.45) is 3.22. The van der Waals surface area contributed by atoms with Gasteiger partial charge in [-0.15, -0.1) is 0 Å². The van der Waals surface area contributed by atoms with Crippen LogP contribution in [-0.4, -0.2) is 35.5 Å². The highest BCUT2D eigenvalue weighted by molar-refractivity contribution is 7.98. The number of rotatable bonds is 7. The molecule has 0 atom stereocenters. The van der Waals surface area contributed by atoms with Crippen LogP contribution < -0.4 is 5.73 Å². The highest BCUT2D eigenvalue weighted by Gasteiger charge is 2.09. The number of hydrogen-bond donors (Lipinski definition) is 1. The van der Waals surface area contributed by atoms with Crippen molar-refractivity contribution in [2.45, 2.75) is 13.0 Å². The highest BCUT2D eigenvalue weighted by Crippen LogP contribution is 2.14. The van der Waals surface area contributed by atoms with E-state index in [1.54, 1.807) is 6.07 Å². The Balaban J connectivity index is 2.70. The quantitative estimate of drug-likeness (QED) is 0.616. The third-order valence-electron chi connectivity index (χ3n) is 2.66. The molecule has 0 aromatic heterocycles. The van der Waals surface area contributed by atoms with Crippen LogP contribution in [0, 0.1) is 5.82 Å². The van der Waals surface area contributed by atoms with Crippen LogP contribution in [0.4, 0.5) is 4.39 Å². The molecule has 0 saturated carbocycles. The number of nitrogens with two attached hydrogens (primary N) is 1. The van der Waals surface area contributed by atoms with Crippen molar-refractivity contribution in [3.8, 4) is 0 Å². The predicted octanol–water partition coefficient (Wildman–Crippen LogP) is 2.64. The van der Waals surface area contributed by atoms with Crippen LogP contribution in [0.15, 0.2) is 18.2 Å². The summed E-state index contributed by atoms with van der Waals surface area (Å²) in [4.78, 5) is 2.48. The van der Waals surface area contributed by atoms with E-state index >= 15 is 0 Å². The van der Waals surface area contributed by atoms with Crippen molar-refractivity contribution in [3.63, 3.8) is 0 Å². The van der Waals surface area contributed by atoms with Gasteiger partial charge >= 0.3 is 0 Å². The topological polar surface area (TPSA) is 29.3 Å². The first-order valence-corrected chi connectivity index (χ1v) is 7.60. The molecule has 0 aliphatic rings. The Labute approximate surface area is 118 Å². The van der Waals surface area contributed by atoms with E-state index < -0.39 is 0 Å². The van der Waals surface area contributed by atoms with E-state index in [-0.39, 0.29) is 5.82 Å². The molecular formula is C13H19FN2S2. The van der Waals surface area contributed by atoms with E-state index in [1.165, 1.54) is 12.1 Å². The zero-order valence-corrected chi connectivity index (χ0v) is 12.4. The van der Waals surface area contributed by atoms with E-state index in [0.717, 1.165) is 29.8 Å². The fraction of sp³-hybridized carbons (Fsp3) is 0.462. The second-order valence-electron chi connectivity index (χ2n) is 4.25. The zero-order valence-electron chi connectivity index (χ0n) is 10.8. The monoisotopic (exact) mass is 286 g/mol. The molecule has 0 aliphatic carbocycles. The summed E-state index contributed by atoms with van der Waals surface area (Å²) < 4.78 is 13.3. The summed E-state index contributed by atoms with van der Waals surface area (Å²) in [7, 11) is 2.02. The lowest BCUT2D eigenvalue weighted by Gasteiger charge is -2.18.